The SMILES string of the molecule is O=C(Cc1ccccc1)Nc1ccc(CCCCc2nnc(NC(=O)[C@H](O)c3ccc(-c4ccccc4)cc3OCCO)s2)nn1. The van der Waals surface area contributed by atoms with Crippen LogP contribution in [0.25, 0.3) is 11.1 Å². The van der Waals surface area contributed by atoms with Crippen molar-refractivity contribution in [2.24, 2.45) is 0 Å². The molecule has 5 aromatic rings. The van der Waals surface area contributed by atoms with Gasteiger partial charge in [-0.2, -0.15) is 5.10 Å². The van der Waals surface area contributed by atoms with Gasteiger partial charge < -0.3 is 20.3 Å². The van der Waals surface area contributed by atoms with E-state index < -0.39 is 12.0 Å². The van der Waals surface area contributed by atoms with E-state index in [2.05, 4.69) is 31.0 Å². The number of aryl methyl sites for hydroxylation is 2. The zero-order valence-electron chi connectivity index (χ0n) is 25.0. The predicted molar refractivity (Wildman–Crippen MR) is 175 cm³/mol. The van der Waals surface area contributed by atoms with Gasteiger partial charge >= 0.3 is 0 Å². The molecule has 11 nitrogen and oxygen atoms in total. The third-order valence-corrected chi connectivity index (χ3v) is 7.88. The first-order chi connectivity index (χ1) is 22.5. The highest BCUT2D eigenvalue weighted by Gasteiger charge is 2.23. The number of rotatable bonds is 15. The highest BCUT2D eigenvalue weighted by atomic mass is 32.1. The molecule has 1 atom stereocenters. The minimum absolute atomic E-state index is 0.0185. The van der Waals surface area contributed by atoms with E-state index in [-0.39, 0.29) is 36.2 Å². The molecule has 0 aliphatic carbocycles. The molecule has 0 aliphatic rings. The van der Waals surface area contributed by atoms with E-state index in [9.17, 15) is 19.8 Å². The molecule has 2 amide bonds. The van der Waals surface area contributed by atoms with Crippen molar-refractivity contribution in [3.05, 3.63) is 113 Å². The second kappa shape index (κ2) is 16.3. The molecule has 0 bridgehead atoms. The molecule has 0 spiro atoms. The molecule has 5 rings (SSSR count). The molecule has 0 aliphatic heterocycles. The summed E-state index contributed by atoms with van der Waals surface area (Å²) < 4.78 is 5.66. The highest BCUT2D eigenvalue weighted by Crippen LogP contribution is 2.32. The number of anilines is 2. The summed E-state index contributed by atoms with van der Waals surface area (Å²) in [6.07, 6.45) is 1.79. The number of aliphatic hydroxyl groups excluding tert-OH is 2. The van der Waals surface area contributed by atoms with Gasteiger partial charge in [0.2, 0.25) is 11.0 Å². The Kier molecular flexibility index (Phi) is 11.5. The molecule has 236 valence electrons. The molecule has 46 heavy (non-hydrogen) atoms. The van der Waals surface area contributed by atoms with Gasteiger partial charge in [-0.15, -0.1) is 15.3 Å². The smallest absolute Gasteiger partial charge is 0.259 e. The number of nitrogens with one attached hydrogen (secondary N) is 2. The lowest BCUT2D eigenvalue weighted by atomic mass is 10.0. The summed E-state index contributed by atoms with van der Waals surface area (Å²) in [6.45, 7) is -0.190. The van der Waals surface area contributed by atoms with Crippen LogP contribution in [0.3, 0.4) is 0 Å². The van der Waals surface area contributed by atoms with Crippen molar-refractivity contribution in [3.8, 4) is 16.9 Å². The first-order valence-corrected chi connectivity index (χ1v) is 15.7. The van der Waals surface area contributed by atoms with Crippen LogP contribution in [-0.2, 0) is 28.9 Å². The van der Waals surface area contributed by atoms with E-state index in [1.807, 2.05) is 66.7 Å². The lowest BCUT2D eigenvalue weighted by Crippen LogP contribution is -2.21. The quantitative estimate of drug-likeness (QED) is 0.118. The van der Waals surface area contributed by atoms with Gasteiger partial charge in [0.15, 0.2) is 11.9 Å². The van der Waals surface area contributed by atoms with E-state index in [1.54, 1.807) is 24.3 Å². The third-order valence-electron chi connectivity index (χ3n) is 6.98. The zero-order valence-corrected chi connectivity index (χ0v) is 25.8. The number of ether oxygens (including phenoxy) is 1. The number of carbonyl (C=O) groups excluding carboxylic acids is 2. The maximum absolute atomic E-state index is 12.9. The van der Waals surface area contributed by atoms with Gasteiger partial charge in [0, 0.05) is 12.0 Å². The molecule has 3 aromatic carbocycles. The van der Waals surface area contributed by atoms with Gasteiger partial charge in [0.25, 0.3) is 5.91 Å². The predicted octanol–water partition coefficient (Wildman–Crippen LogP) is 4.78. The van der Waals surface area contributed by atoms with Crippen LogP contribution in [0.1, 0.15) is 40.8 Å². The second-order valence-electron chi connectivity index (χ2n) is 10.4. The summed E-state index contributed by atoms with van der Waals surface area (Å²) in [7, 11) is 0. The van der Waals surface area contributed by atoms with Crippen LogP contribution in [0.5, 0.6) is 5.75 Å². The normalized spacial score (nSPS) is 11.5. The van der Waals surface area contributed by atoms with Crippen molar-refractivity contribution in [1.29, 1.82) is 0 Å². The topological polar surface area (TPSA) is 159 Å². The maximum atomic E-state index is 12.9. The second-order valence-corrected chi connectivity index (χ2v) is 11.5. The number of carbonyl (C=O) groups is 2. The van der Waals surface area contributed by atoms with E-state index in [0.717, 1.165) is 40.2 Å². The number of hydrogen-bond acceptors (Lipinski definition) is 10. The first-order valence-electron chi connectivity index (χ1n) is 14.9. The Hall–Kier alpha value is -5.04. The summed E-state index contributed by atoms with van der Waals surface area (Å²) in [4.78, 5) is 25.2. The molecule has 0 saturated carbocycles. The van der Waals surface area contributed by atoms with Crippen molar-refractivity contribution >= 4 is 34.1 Å². The van der Waals surface area contributed by atoms with Gasteiger partial charge in [-0.3, -0.25) is 14.9 Å². The van der Waals surface area contributed by atoms with Crippen LogP contribution in [-0.4, -0.2) is 55.6 Å². The monoisotopic (exact) mass is 638 g/mol. The van der Waals surface area contributed by atoms with Crippen molar-refractivity contribution in [3.63, 3.8) is 0 Å². The molecular weight excluding hydrogens is 604 g/mol. The summed E-state index contributed by atoms with van der Waals surface area (Å²) >= 11 is 1.25. The average Bonchev–Trinajstić information content (AvgIpc) is 3.53. The van der Waals surface area contributed by atoms with Gasteiger partial charge in [-0.25, -0.2) is 0 Å². The molecule has 0 unspecified atom stereocenters. The largest absolute Gasteiger partial charge is 0.491 e. The third kappa shape index (κ3) is 9.24. The highest BCUT2D eigenvalue weighted by molar-refractivity contribution is 7.15. The van der Waals surface area contributed by atoms with Gasteiger partial charge in [0.1, 0.15) is 17.4 Å². The number of nitrogens with zero attached hydrogens (tertiary/aromatic N) is 4. The number of aliphatic hydroxyl groups is 2. The standard InChI is InChI=1S/C34H34N6O5S/c41-19-20-45-28-22-25(24-11-5-2-6-12-24)15-17-27(28)32(43)33(44)36-34-40-39-31(46-34)14-8-7-13-26-16-18-29(38-37-26)35-30(42)21-23-9-3-1-4-10-23/h1-6,9-12,15-18,22,32,41,43H,7-8,13-14,19-21H2,(H,35,38,42)(H,36,40,44)/t32-/m1/s1. The van der Waals surface area contributed by atoms with Crippen LogP contribution in [0.2, 0.25) is 0 Å². The summed E-state index contributed by atoms with van der Waals surface area (Å²) in [5.41, 5.74) is 3.83. The molecule has 0 fully saturated rings. The van der Waals surface area contributed by atoms with Crippen LogP contribution < -0.4 is 15.4 Å². The molecule has 4 N–H and O–H groups in total. The Bertz CT molecular complexity index is 1720. The molecular formula is C34H34N6O5S. The molecule has 12 heteroatoms. The van der Waals surface area contributed by atoms with E-state index >= 15 is 0 Å². The Balaban J connectivity index is 1.08. The van der Waals surface area contributed by atoms with E-state index in [4.69, 9.17) is 4.74 Å². The number of benzene rings is 3. The fourth-order valence-electron chi connectivity index (χ4n) is 4.68. The van der Waals surface area contributed by atoms with E-state index in [0.29, 0.717) is 24.4 Å². The lowest BCUT2D eigenvalue weighted by Gasteiger charge is -2.16. The van der Waals surface area contributed by atoms with Gasteiger partial charge in [-0.05, 0) is 54.2 Å². The minimum Gasteiger partial charge on any atom is -0.491 e. The van der Waals surface area contributed by atoms with Gasteiger partial charge in [0.05, 0.1) is 18.7 Å². The number of aromatic nitrogens is 4. The Morgan fingerprint density at radius 2 is 1.57 bits per heavy atom. The lowest BCUT2D eigenvalue weighted by molar-refractivity contribution is -0.124. The average molecular weight is 639 g/mol. The van der Waals surface area contributed by atoms with Crippen molar-refractivity contribution in [1.82, 2.24) is 20.4 Å². The zero-order chi connectivity index (χ0) is 32.1. The minimum atomic E-state index is -1.52. The molecule has 0 saturated heterocycles. The summed E-state index contributed by atoms with van der Waals surface area (Å²) in [6, 6.07) is 27.9. The summed E-state index contributed by atoms with van der Waals surface area (Å²) in [5, 5.41) is 43.2. The molecule has 2 heterocycles. The number of hydrogen-bond donors (Lipinski definition) is 4. The van der Waals surface area contributed by atoms with Crippen molar-refractivity contribution in [2.75, 3.05) is 23.8 Å². The molecule has 0 radical (unpaired) electrons. The Morgan fingerprint density at radius 3 is 2.30 bits per heavy atom. The van der Waals surface area contributed by atoms with Crippen molar-refractivity contribution < 1.29 is 24.5 Å². The Labute approximate surface area is 270 Å². The van der Waals surface area contributed by atoms with Crippen LogP contribution in [0.15, 0.2) is 91.0 Å². The maximum Gasteiger partial charge on any atom is 0.259 e. The van der Waals surface area contributed by atoms with Crippen LogP contribution >= 0.6 is 11.3 Å². The van der Waals surface area contributed by atoms with Gasteiger partial charge in [-0.1, -0.05) is 84.1 Å². The first kappa shape index (κ1) is 32.4. The number of unbranched alkanes of at least 4 members (excludes halogenated alkanes) is 1. The van der Waals surface area contributed by atoms with Crippen LogP contribution in [0, 0.1) is 0 Å². The number of amides is 2. The van der Waals surface area contributed by atoms with Crippen molar-refractivity contribution in [2.45, 2.75) is 38.2 Å². The summed E-state index contributed by atoms with van der Waals surface area (Å²) in [5.74, 6) is -0.0912. The van der Waals surface area contributed by atoms with E-state index in [1.165, 1.54) is 11.3 Å². The fraction of sp³-hybridized carbons (Fsp3) is 0.235. The Morgan fingerprint density at radius 1 is 0.804 bits per heavy atom. The molecule has 2 aromatic heterocycles. The fourth-order valence-corrected chi connectivity index (χ4v) is 5.47. The van der Waals surface area contributed by atoms with Crippen LogP contribution in [0.4, 0.5) is 10.9 Å².